The van der Waals surface area contributed by atoms with E-state index >= 15 is 0 Å². The molecule has 4 aromatic rings. The zero-order valence-electron chi connectivity index (χ0n) is 12.7. The van der Waals surface area contributed by atoms with Crippen LogP contribution in [0.3, 0.4) is 0 Å². The maximum absolute atomic E-state index is 13.1. The number of pyridine rings is 1. The smallest absolute Gasteiger partial charge is 0.197 e. The average molecular weight is 333 g/mol. The summed E-state index contributed by atoms with van der Waals surface area (Å²) >= 11 is 5.98. The number of hydrogen-bond acceptors (Lipinski definition) is 2. The molecule has 24 heavy (non-hydrogen) atoms. The summed E-state index contributed by atoms with van der Waals surface area (Å²) in [7, 11) is 0. The Morgan fingerprint density at radius 2 is 1.58 bits per heavy atom. The number of ketones is 1. The van der Waals surface area contributed by atoms with E-state index in [2.05, 4.69) is 5.10 Å². The normalized spacial score (nSPS) is 10.9. The molecule has 0 atom stereocenters. The van der Waals surface area contributed by atoms with Gasteiger partial charge in [0.2, 0.25) is 0 Å². The van der Waals surface area contributed by atoms with Gasteiger partial charge in [-0.25, -0.2) is 4.52 Å². The molecule has 0 aliphatic carbocycles. The van der Waals surface area contributed by atoms with E-state index in [-0.39, 0.29) is 5.78 Å². The van der Waals surface area contributed by atoms with E-state index in [4.69, 9.17) is 11.6 Å². The molecule has 0 radical (unpaired) electrons. The Labute approximate surface area is 144 Å². The Kier molecular flexibility index (Phi) is 3.63. The predicted molar refractivity (Wildman–Crippen MR) is 95.5 cm³/mol. The van der Waals surface area contributed by atoms with Crippen molar-refractivity contribution in [3.63, 3.8) is 0 Å². The monoisotopic (exact) mass is 332 g/mol. The number of fused-ring (bicyclic) bond motifs is 1. The molecule has 0 saturated carbocycles. The third kappa shape index (κ3) is 2.49. The largest absolute Gasteiger partial charge is 0.288 e. The van der Waals surface area contributed by atoms with Crippen molar-refractivity contribution in [2.24, 2.45) is 0 Å². The van der Waals surface area contributed by atoms with Crippen LogP contribution >= 0.6 is 11.6 Å². The third-order valence-corrected chi connectivity index (χ3v) is 4.17. The van der Waals surface area contributed by atoms with Crippen LogP contribution in [-0.4, -0.2) is 15.4 Å². The summed E-state index contributed by atoms with van der Waals surface area (Å²) < 4.78 is 1.74. The molecule has 0 aliphatic heterocycles. The molecule has 0 saturated heterocycles. The van der Waals surface area contributed by atoms with Gasteiger partial charge >= 0.3 is 0 Å². The lowest BCUT2D eigenvalue weighted by molar-refractivity contribution is 0.104. The van der Waals surface area contributed by atoms with Crippen molar-refractivity contribution in [3.8, 4) is 11.3 Å². The fourth-order valence-corrected chi connectivity index (χ4v) is 2.89. The molecule has 0 aliphatic rings. The third-order valence-electron chi connectivity index (χ3n) is 3.92. The van der Waals surface area contributed by atoms with E-state index in [9.17, 15) is 4.79 Å². The Morgan fingerprint density at radius 1 is 0.875 bits per heavy atom. The van der Waals surface area contributed by atoms with Crippen LogP contribution in [0.4, 0.5) is 0 Å². The van der Waals surface area contributed by atoms with Crippen LogP contribution in [0.15, 0.2) is 79.0 Å². The quantitative estimate of drug-likeness (QED) is 0.501. The van der Waals surface area contributed by atoms with Gasteiger partial charge in [0, 0.05) is 22.3 Å². The molecule has 116 valence electrons. The molecule has 2 aromatic heterocycles. The number of carbonyl (C=O) groups is 1. The molecule has 4 rings (SSSR count). The summed E-state index contributed by atoms with van der Waals surface area (Å²) in [6.07, 6.45) is 1.84. The van der Waals surface area contributed by atoms with Crippen molar-refractivity contribution in [2.75, 3.05) is 0 Å². The Hall–Kier alpha value is -2.91. The topological polar surface area (TPSA) is 34.4 Å². The fraction of sp³-hybridized carbons (Fsp3) is 0. The Morgan fingerprint density at radius 3 is 2.33 bits per heavy atom. The zero-order chi connectivity index (χ0) is 16.5. The minimum Gasteiger partial charge on any atom is -0.288 e. The highest BCUT2D eigenvalue weighted by Crippen LogP contribution is 2.29. The summed E-state index contributed by atoms with van der Waals surface area (Å²) in [6.45, 7) is 0. The molecular formula is C20H13ClN2O. The first-order chi connectivity index (χ1) is 11.7. The molecule has 4 heteroatoms. The molecule has 0 N–H and O–H groups in total. The molecule has 0 amide bonds. The maximum Gasteiger partial charge on any atom is 0.197 e. The van der Waals surface area contributed by atoms with Gasteiger partial charge in [0.05, 0.1) is 11.1 Å². The zero-order valence-corrected chi connectivity index (χ0v) is 13.4. The summed E-state index contributed by atoms with van der Waals surface area (Å²) in [5.41, 5.74) is 3.56. The van der Waals surface area contributed by atoms with Crippen LogP contribution in [0.25, 0.3) is 16.8 Å². The van der Waals surface area contributed by atoms with Crippen LogP contribution in [-0.2, 0) is 0 Å². The number of benzene rings is 2. The molecule has 0 bridgehead atoms. The SMILES string of the molecule is O=C(c1ccccc1)c1c(-c2ccc(Cl)cc2)nn2ccccc12. The van der Waals surface area contributed by atoms with E-state index in [0.717, 1.165) is 11.1 Å². The van der Waals surface area contributed by atoms with Crippen LogP contribution in [0.1, 0.15) is 15.9 Å². The molecule has 0 spiro atoms. The summed E-state index contributed by atoms with van der Waals surface area (Å²) in [5, 5.41) is 5.26. The standard InChI is InChI=1S/C20H13ClN2O/c21-16-11-9-14(10-12-16)19-18(17-8-4-5-13-23(17)22-19)20(24)15-6-2-1-3-7-15/h1-13H. The van der Waals surface area contributed by atoms with Gasteiger partial charge in [0.25, 0.3) is 0 Å². The Bertz CT molecular complexity index is 1020. The van der Waals surface area contributed by atoms with E-state index in [1.807, 2.05) is 66.9 Å². The van der Waals surface area contributed by atoms with Gasteiger partial charge in [-0.15, -0.1) is 0 Å². The number of nitrogens with zero attached hydrogens (tertiary/aromatic N) is 2. The molecular weight excluding hydrogens is 320 g/mol. The summed E-state index contributed by atoms with van der Waals surface area (Å²) in [6, 6.07) is 22.3. The highest BCUT2D eigenvalue weighted by Gasteiger charge is 2.21. The van der Waals surface area contributed by atoms with Gasteiger partial charge < -0.3 is 0 Å². The van der Waals surface area contributed by atoms with Crippen LogP contribution in [0.5, 0.6) is 0 Å². The fourth-order valence-electron chi connectivity index (χ4n) is 2.77. The molecule has 2 heterocycles. The lowest BCUT2D eigenvalue weighted by Gasteiger charge is -2.03. The van der Waals surface area contributed by atoms with Gasteiger partial charge in [-0.2, -0.15) is 5.10 Å². The summed E-state index contributed by atoms with van der Waals surface area (Å²) in [5.74, 6) is -0.0400. The second-order valence-corrected chi connectivity index (χ2v) is 5.89. The number of aromatic nitrogens is 2. The van der Waals surface area contributed by atoms with Gasteiger partial charge in [0.15, 0.2) is 5.78 Å². The van der Waals surface area contributed by atoms with Gasteiger partial charge in [-0.1, -0.05) is 60.1 Å². The van der Waals surface area contributed by atoms with E-state index < -0.39 is 0 Å². The highest BCUT2D eigenvalue weighted by molar-refractivity contribution is 6.30. The number of rotatable bonds is 3. The number of halogens is 1. The Balaban J connectivity index is 1.97. The lowest BCUT2D eigenvalue weighted by atomic mass is 9.98. The average Bonchev–Trinajstić information content (AvgIpc) is 3.02. The van der Waals surface area contributed by atoms with E-state index in [0.29, 0.717) is 21.8 Å². The predicted octanol–water partition coefficient (Wildman–Crippen LogP) is 4.89. The van der Waals surface area contributed by atoms with Gasteiger partial charge in [-0.05, 0) is 24.3 Å². The van der Waals surface area contributed by atoms with E-state index in [1.54, 1.807) is 16.6 Å². The first-order valence-corrected chi connectivity index (χ1v) is 7.95. The van der Waals surface area contributed by atoms with Crippen molar-refractivity contribution >= 4 is 22.9 Å². The van der Waals surface area contributed by atoms with Crippen LogP contribution < -0.4 is 0 Å². The number of carbonyl (C=O) groups excluding carboxylic acids is 1. The second kappa shape index (κ2) is 5.95. The van der Waals surface area contributed by atoms with Crippen molar-refractivity contribution in [3.05, 3.63) is 95.1 Å². The summed E-state index contributed by atoms with van der Waals surface area (Å²) in [4.78, 5) is 13.1. The van der Waals surface area contributed by atoms with Crippen molar-refractivity contribution in [1.29, 1.82) is 0 Å². The van der Waals surface area contributed by atoms with Crippen molar-refractivity contribution in [1.82, 2.24) is 9.61 Å². The first kappa shape index (κ1) is 14.7. The molecule has 2 aromatic carbocycles. The molecule has 0 fully saturated rings. The minimum atomic E-state index is -0.0400. The van der Waals surface area contributed by atoms with Gasteiger partial charge in [-0.3, -0.25) is 4.79 Å². The molecule has 0 unspecified atom stereocenters. The second-order valence-electron chi connectivity index (χ2n) is 5.46. The minimum absolute atomic E-state index is 0.0400. The van der Waals surface area contributed by atoms with Crippen LogP contribution in [0.2, 0.25) is 5.02 Å². The first-order valence-electron chi connectivity index (χ1n) is 7.57. The lowest BCUT2D eigenvalue weighted by Crippen LogP contribution is -2.02. The maximum atomic E-state index is 13.1. The van der Waals surface area contributed by atoms with Crippen molar-refractivity contribution < 1.29 is 4.79 Å². The molecule has 3 nitrogen and oxygen atoms in total. The van der Waals surface area contributed by atoms with Gasteiger partial charge in [0.1, 0.15) is 5.69 Å². The van der Waals surface area contributed by atoms with Crippen LogP contribution in [0, 0.1) is 0 Å². The van der Waals surface area contributed by atoms with E-state index in [1.165, 1.54) is 0 Å². The van der Waals surface area contributed by atoms with Crippen molar-refractivity contribution in [2.45, 2.75) is 0 Å². The number of hydrogen-bond donors (Lipinski definition) is 0. The highest BCUT2D eigenvalue weighted by atomic mass is 35.5.